The molecule has 0 aliphatic heterocycles. The summed E-state index contributed by atoms with van der Waals surface area (Å²) in [4.78, 5) is 10.6. The summed E-state index contributed by atoms with van der Waals surface area (Å²) in [6.45, 7) is 3.99. The van der Waals surface area contributed by atoms with Crippen LogP contribution in [0.5, 0.6) is 0 Å². The van der Waals surface area contributed by atoms with Crippen molar-refractivity contribution < 1.29 is 9.90 Å². The van der Waals surface area contributed by atoms with Crippen LogP contribution in [0.3, 0.4) is 0 Å². The molecule has 0 fully saturated rings. The molecule has 0 radical (unpaired) electrons. The van der Waals surface area contributed by atoms with Gasteiger partial charge in [-0.05, 0) is 13.3 Å². The highest BCUT2D eigenvalue weighted by Gasteiger charge is 2.08. The molecule has 1 atom stereocenters. The minimum Gasteiger partial charge on any atom is -0.480 e. The molecule has 0 aromatic rings. The Kier molecular flexibility index (Phi) is 17.1. The average molecular weight is 353 g/mol. The van der Waals surface area contributed by atoms with Crippen molar-refractivity contribution in [3.63, 3.8) is 0 Å². The summed E-state index contributed by atoms with van der Waals surface area (Å²) in [5.74, 6) is 0.461. The van der Waals surface area contributed by atoms with Crippen molar-refractivity contribution in [3.8, 4) is 0 Å². The SMILES string of the molecule is CCCCCCCCCCCCS[SH]=CSC(C)C(=O)O. The maximum absolute atomic E-state index is 10.6. The van der Waals surface area contributed by atoms with Gasteiger partial charge in [-0.2, -0.15) is 0 Å². The van der Waals surface area contributed by atoms with Gasteiger partial charge >= 0.3 is 5.97 Å². The highest BCUT2D eigenvalue weighted by molar-refractivity contribution is 8.77. The molecule has 0 amide bonds. The number of carbonyl (C=O) groups is 1. The van der Waals surface area contributed by atoms with Crippen molar-refractivity contribution in [2.45, 2.75) is 83.3 Å². The van der Waals surface area contributed by atoms with Crippen LogP contribution in [-0.2, 0) is 4.79 Å². The molecule has 126 valence electrons. The van der Waals surface area contributed by atoms with Gasteiger partial charge in [-0.3, -0.25) is 4.79 Å². The highest BCUT2D eigenvalue weighted by atomic mass is 33.1. The number of carboxylic acid groups (broad SMARTS) is 1. The molecular weight excluding hydrogens is 320 g/mol. The van der Waals surface area contributed by atoms with E-state index in [1.54, 1.807) is 6.92 Å². The number of thioether (sulfide) groups is 1. The first kappa shape index (κ1) is 21.4. The lowest BCUT2D eigenvalue weighted by Crippen LogP contribution is -2.10. The summed E-state index contributed by atoms with van der Waals surface area (Å²) in [5.41, 5.74) is 0. The Morgan fingerprint density at radius 1 is 1.05 bits per heavy atom. The fourth-order valence-electron chi connectivity index (χ4n) is 1.91. The van der Waals surface area contributed by atoms with Gasteiger partial charge in [0, 0.05) is 10.5 Å². The second-order valence-corrected chi connectivity index (χ2v) is 9.45. The van der Waals surface area contributed by atoms with Gasteiger partial charge in [-0.25, -0.2) is 0 Å². The molecule has 0 aromatic heterocycles. The van der Waals surface area contributed by atoms with Crippen LogP contribution in [0, 0.1) is 0 Å². The number of hydrogen-bond acceptors (Lipinski definition) is 3. The van der Waals surface area contributed by atoms with Crippen molar-refractivity contribution in [1.82, 2.24) is 0 Å². The first-order valence-corrected chi connectivity index (χ1v) is 11.7. The average Bonchev–Trinajstić information content (AvgIpc) is 2.47. The van der Waals surface area contributed by atoms with E-state index in [-0.39, 0.29) is 5.25 Å². The minimum absolute atomic E-state index is 0.324. The van der Waals surface area contributed by atoms with E-state index in [2.05, 4.69) is 6.92 Å². The van der Waals surface area contributed by atoms with Crippen molar-refractivity contribution in [2.75, 3.05) is 5.75 Å². The summed E-state index contributed by atoms with van der Waals surface area (Å²) in [6, 6.07) is 0. The van der Waals surface area contributed by atoms with Gasteiger partial charge in [0.2, 0.25) is 0 Å². The van der Waals surface area contributed by atoms with Gasteiger partial charge in [-0.1, -0.05) is 64.7 Å². The maximum Gasteiger partial charge on any atom is 0.316 e. The number of aliphatic carboxylic acids is 1. The van der Waals surface area contributed by atoms with Crippen molar-refractivity contribution in [1.29, 1.82) is 0 Å². The standard InChI is InChI=1S/C16H32O2S3/c1-3-4-5-6-7-8-9-10-11-12-13-20-21-14-19-15(2)16(17)18/h14-15,21H,3-13H2,1-2H3,(H,17,18). The van der Waals surface area contributed by atoms with E-state index < -0.39 is 5.97 Å². The molecule has 0 rings (SSSR count). The normalized spacial score (nSPS) is 13.2. The van der Waals surface area contributed by atoms with Crippen LogP contribution in [0.2, 0.25) is 0 Å². The fourth-order valence-corrected chi connectivity index (χ4v) is 5.34. The Balaban J connectivity index is 3.15. The van der Waals surface area contributed by atoms with E-state index in [0.717, 1.165) is 0 Å². The van der Waals surface area contributed by atoms with Gasteiger partial charge in [0.05, 0.1) is 0 Å². The van der Waals surface area contributed by atoms with E-state index >= 15 is 0 Å². The molecular formula is C16H32O2S3. The molecule has 5 heteroatoms. The third-order valence-corrected chi connectivity index (χ3v) is 7.15. The molecule has 0 spiro atoms. The molecule has 1 unspecified atom stereocenters. The predicted molar refractivity (Wildman–Crippen MR) is 104 cm³/mol. The Morgan fingerprint density at radius 3 is 2.10 bits per heavy atom. The summed E-state index contributed by atoms with van der Waals surface area (Å²) < 4.78 is 2.00. The van der Waals surface area contributed by atoms with Gasteiger partial charge in [0.25, 0.3) is 0 Å². The molecule has 0 saturated carbocycles. The largest absolute Gasteiger partial charge is 0.480 e. The molecule has 0 aromatic carbocycles. The Morgan fingerprint density at radius 2 is 1.57 bits per heavy atom. The van der Waals surface area contributed by atoms with Crippen molar-refractivity contribution >= 4 is 43.6 Å². The summed E-state index contributed by atoms with van der Waals surface area (Å²) in [5, 5.41) is 8.41. The summed E-state index contributed by atoms with van der Waals surface area (Å²) >= 11 is 1.41. The van der Waals surface area contributed by atoms with Crippen LogP contribution in [0.1, 0.15) is 78.1 Å². The maximum atomic E-state index is 10.6. The monoisotopic (exact) mass is 352 g/mol. The van der Waals surface area contributed by atoms with Crippen molar-refractivity contribution in [3.05, 3.63) is 0 Å². The molecule has 21 heavy (non-hydrogen) atoms. The van der Waals surface area contributed by atoms with E-state index in [9.17, 15) is 4.79 Å². The fraction of sp³-hybridized carbons (Fsp3) is 0.875. The van der Waals surface area contributed by atoms with Gasteiger partial charge in [-0.15, -0.1) is 32.9 Å². The highest BCUT2D eigenvalue weighted by Crippen LogP contribution is 2.19. The van der Waals surface area contributed by atoms with E-state index in [4.69, 9.17) is 5.11 Å². The molecule has 0 saturated heterocycles. The van der Waals surface area contributed by atoms with Crippen molar-refractivity contribution in [2.24, 2.45) is 0 Å². The Bertz CT molecular complexity index is 270. The molecule has 0 heterocycles. The van der Waals surface area contributed by atoms with E-state index in [0.29, 0.717) is 0 Å². The zero-order valence-corrected chi connectivity index (χ0v) is 16.1. The van der Waals surface area contributed by atoms with Crippen LogP contribution in [0.15, 0.2) is 0 Å². The lowest BCUT2D eigenvalue weighted by Gasteiger charge is -2.02. The first-order valence-electron chi connectivity index (χ1n) is 8.20. The molecule has 0 aliphatic carbocycles. The number of hydrogen-bond donors (Lipinski definition) is 2. The zero-order valence-electron chi connectivity index (χ0n) is 13.6. The van der Waals surface area contributed by atoms with Crippen LogP contribution in [-0.4, -0.2) is 26.8 Å². The predicted octanol–water partition coefficient (Wildman–Crippen LogP) is 5.99. The molecule has 0 aliphatic rings. The van der Waals surface area contributed by atoms with E-state index in [1.807, 2.05) is 15.5 Å². The first-order chi connectivity index (χ1) is 10.2. The van der Waals surface area contributed by atoms with Crippen LogP contribution in [0.4, 0.5) is 0 Å². The van der Waals surface area contributed by atoms with Crippen LogP contribution < -0.4 is 0 Å². The smallest absolute Gasteiger partial charge is 0.316 e. The second-order valence-electron chi connectivity index (χ2n) is 5.34. The van der Waals surface area contributed by atoms with Gasteiger partial charge < -0.3 is 5.11 Å². The van der Waals surface area contributed by atoms with Gasteiger partial charge in [0.15, 0.2) is 0 Å². The lowest BCUT2D eigenvalue weighted by molar-refractivity contribution is -0.136. The lowest BCUT2D eigenvalue weighted by atomic mass is 10.1. The number of carboxylic acids is 1. The van der Waals surface area contributed by atoms with Crippen LogP contribution in [0.25, 0.3) is 0 Å². The zero-order chi connectivity index (χ0) is 15.8. The molecule has 0 bridgehead atoms. The quantitative estimate of drug-likeness (QED) is 0.164. The summed E-state index contributed by atoms with van der Waals surface area (Å²) in [6.07, 6.45) is 13.8. The van der Waals surface area contributed by atoms with Gasteiger partial charge in [0.1, 0.15) is 5.25 Å². The number of rotatable bonds is 15. The third-order valence-electron chi connectivity index (χ3n) is 3.32. The molecule has 1 N–H and O–H groups in total. The second kappa shape index (κ2) is 16.8. The third kappa shape index (κ3) is 16.6. The Labute approximate surface area is 142 Å². The topological polar surface area (TPSA) is 37.3 Å². The van der Waals surface area contributed by atoms with E-state index in [1.165, 1.54) is 92.1 Å². The molecule has 2 nitrogen and oxygen atoms in total. The van der Waals surface area contributed by atoms with Crippen LogP contribution >= 0.6 is 32.9 Å². The number of unbranched alkanes of at least 4 members (excludes halogenated alkanes) is 9. The Hall–Kier alpha value is 0.390. The summed E-state index contributed by atoms with van der Waals surface area (Å²) in [7, 11) is 3.08. The minimum atomic E-state index is -0.730. The number of thiol groups is 1.